The Morgan fingerprint density at radius 3 is 2.93 bits per heavy atom. The maximum atomic E-state index is 12.1. The highest BCUT2D eigenvalue weighted by Crippen LogP contribution is 2.37. The third kappa shape index (κ3) is 3.15. The largest absolute Gasteiger partial charge is 0.490 e. The van der Waals surface area contributed by atoms with Crippen molar-refractivity contribution in [2.24, 2.45) is 5.92 Å². The van der Waals surface area contributed by atoms with Crippen molar-refractivity contribution in [3.8, 4) is 17.0 Å². The number of pyridine rings is 1. The van der Waals surface area contributed by atoms with Gasteiger partial charge in [-0.05, 0) is 55.5 Å². The molecule has 1 aliphatic carbocycles. The fourth-order valence-electron chi connectivity index (χ4n) is 4.68. The van der Waals surface area contributed by atoms with Crippen LogP contribution in [0.4, 0.5) is 5.82 Å². The van der Waals surface area contributed by atoms with E-state index in [4.69, 9.17) is 4.74 Å². The van der Waals surface area contributed by atoms with E-state index in [0.29, 0.717) is 11.9 Å². The topological polar surface area (TPSA) is 88.2 Å². The van der Waals surface area contributed by atoms with Gasteiger partial charge in [0.25, 0.3) is 0 Å². The summed E-state index contributed by atoms with van der Waals surface area (Å²) in [5.41, 5.74) is 2.79. The van der Waals surface area contributed by atoms with Gasteiger partial charge in [0.2, 0.25) is 0 Å². The van der Waals surface area contributed by atoms with Crippen molar-refractivity contribution < 1.29 is 14.6 Å². The number of H-pyrrole nitrogens is 1. The van der Waals surface area contributed by atoms with Crippen LogP contribution >= 0.6 is 0 Å². The minimum Gasteiger partial charge on any atom is -0.490 e. The predicted molar refractivity (Wildman–Crippen MR) is 113 cm³/mol. The standard InChI is InChI=1S/C21H22N4O3S.H2/c26-29(27)11-13-7-15(12-29)25(10-13)20-8-14(5-6-22-20)21-18-9-17(28-16-1-2-16)3-4-19(18)23-24-21;/h3-6,8-9,13,15-16H,1-2,7,10-12H2,(H,23,24);1H. The summed E-state index contributed by atoms with van der Waals surface area (Å²) in [4.78, 5) is 6.72. The predicted octanol–water partition coefficient (Wildman–Crippen LogP) is 3.04. The van der Waals surface area contributed by atoms with Crippen molar-refractivity contribution in [3.63, 3.8) is 0 Å². The van der Waals surface area contributed by atoms with Crippen LogP contribution in [0.3, 0.4) is 0 Å². The number of rotatable bonds is 4. The number of anilines is 1. The van der Waals surface area contributed by atoms with Crippen molar-refractivity contribution >= 4 is 26.6 Å². The van der Waals surface area contributed by atoms with Crippen LogP contribution in [0.1, 0.15) is 20.7 Å². The van der Waals surface area contributed by atoms with E-state index in [9.17, 15) is 8.42 Å². The highest BCUT2D eigenvalue weighted by atomic mass is 32.2. The smallest absolute Gasteiger partial charge is 0.152 e. The van der Waals surface area contributed by atoms with Crippen molar-refractivity contribution in [2.75, 3.05) is 23.0 Å². The molecular weight excluding hydrogens is 388 g/mol. The molecule has 2 aliphatic heterocycles. The molecule has 4 heterocycles. The molecule has 1 aromatic carbocycles. The van der Waals surface area contributed by atoms with Crippen LogP contribution < -0.4 is 9.64 Å². The quantitative estimate of drug-likeness (QED) is 0.709. The van der Waals surface area contributed by atoms with Gasteiger partial charge in [-0.2, -0.15) is 5.10 Å². The first-order valence-electron chi connectivity index (χ1n) is 10.1. The number of hydrogen-bond donors (Lipinski definition) is 1. The molecule has 3 fully saturated rings. The molecule has 3 aliphatic rings. The van der Waals surface area contributed by atoms with Crippen LogP contribution in [0.2, 0.25) is 0 Å². The number of nitrogens with zero attached hydrogens (tertiary/aromatic N) is 3. The highest BCUT2D eigenvalue weighted by Gasteiger charge is 2.42. The molecule has 2 unspecified atom stereocenters. The molecule has 2 atom stereocenters. The van der Waals surface area contributed by atoms with Gasteiger partial charge in [-0.15, -0.1) is 0 Å². The molecule has 152 valence electrons. The van der Waals surface area contributed by atoms with Crippen LogP contribution in [0.25, 0.3) is 22.2 Å². The summed E-state index contributed by atoms with van der Waals surface area (Å²) < 4.78 is 30.2. The van der Waals surface area contributed by atoms with Gasteiger partial charge in [0.05, 0.1) is 23.1 Å². The number of sulfone groups is 1. The third-order valence-electron chi connectivity index (χ3n) is 6.11. The lowest BCUT2D eigenvalue weighted by atomic mass is 10.1. The van der Waals surface area contributed by atoms with Crippen molar-refractivity contribution in [3.05, 3.63) is 36.5 Å². The van der Waals surface area contributed by atoms with Gasteiger partial charge in [0.15, 0.2) is 9.84 Å². The molecule has 2 saturated heterocycles. The Kier molecular flexibility index (Phi) is 3.69. The maximum Gasteiger partial charge on any atom is 0.152 e. The molecular formula is C21H24N4O3S. The normalized spacial score (nSPS) is 25.4. The minimum absolute atomic E-state index is 0. The molecule has 2 bridgehead atoms. The van der Waals surface area contributed by atoms with E-state index in [1.807, 2.05) is 30.3 Å². The van der Waals surface area contributed by atoms with E-state index in [-0.39, 0.29) is 19.1 Å². The number of hydrogen-bond acceptors (Lipinski definition) is 6. The van der Waals surface area contributed by atoms with Crippen LogP contribution in [0, 0.1) is 5.92 Å². The summed E-state index contributed by atoms with van der Waals surface area (Å²) in [5.74, 6) is 2.43. The first-order valence-corrected chi connectivity index (χ1v) is 11.9. The Labute approximate surface area is 170 Å². The summed E-state index contributed by atoms with van der Waals surface area (Å²) in [7, 11) is -2.95. The van der Waals surface area contributed by atoms with Crippen LogP contribution in [-0.2, 0) is 9.84 Å². The molecule has 3 aromatic rings. The van der Waals surface area contributed by atoms with Gasteiger partial charge >= 0.3 is 0 Å². The van der Waals surface area contributed by atoms with Crippen molar-refractivity contribution in [1.82, 2.24) is 15.2 Å². The minimum atomic E-state index is -2.95. The molecule has 1 saturated carbocycles. The van der Waals surface area contributed by atoms with E-state index in [1.54, 1.807) is 6.20 Å². The molecule has 0 radical (unpaired) electrons. The first-order chi connectivity index (χ1) is 14.0. The monoisotopic (exact) mass is 412 g/mol. The zero-order valence-corrected chi connectivity index (χ0v) is 16.7. The SMILES string of the molecule is O=S1(=O)CC2CC(C1)N(c1cc(-c3n[nH]c4ccc(OC5CC5)cc34)ccn1)C2.[HH]. The number of aromatic nitrogens is 3. The molecule has 7 nitrogen and oxygen atoms in total. The summed E-state index contributed by atoms with van der Waals surface area (Å²) in [6.07, 6.45) is 5.31. The summed E-state index contributed by atoms with van der Waals surface area (Å²) in [6.45, 7) is 0.751. The summed E-state index contributed by atoms with van der Waals surface area (Å²) >= 11 is 0. The molecule has 1 N–H and O–H groups in total. The van der Waals surface area contributed by atoms with Crippen LogP contribution in [0.5, 0.6) is 5.75 Å². The van der Waals surface area contributed by atoms with E-state index in [0.717, 1.165) is 59.5 Å². The van der Waals surface area contributed by atoms with Gasteiger partial charge < -0.3 is 9.64 Å². The number of fused-ring (bicyclic) bond motifs is 3. The number of nitrogens with one attached hydrogen (secondary N) is 1. The fourth-order valence-corrected chi connectivity index (χ4v) is 6.68. The first kappa shape index (κ1) is 17.3. The van der Waals surface area contributed by atoms with E-state index in [2.05, 4.69) is 20.1 Å². The Balaban J connectivity index is 0.00000193. The number of aromatic amines is 1. The second-order valence-electron chi connectivity index (χ2n) is 8.48. The number of benzene rings is 1. The average molecular weight is 413 g/mol. The second-order valence-corrected chi connectivity index (χ2v) is 10.6. The number of ether oxygens (including phenoxy) is 1. The van der Waals surface area contributed by atoms with E-state index < -0.39 is 9.84 Å². The van der Waals surface area contributed by atoms with Crippen LogP contribution in [0.15, 0.2) is 36.5 Å². The Morgan fingerprint density at radius 1 is 1.17 bits per heavy atom. The Hall–Kier alpha value is -2.61. The average Bonchev–Trinajstić information content (AvgIpc) is 3.31. The van der Waals surface area contributed by atoms with E-state index >= 15 is 0 Å². The molecule has 0 spiro atoms. The fraction of sp³-hybridized carbons (Fsp3) is 0.429. The van der Waals surface area contributed by atoms with Gasteiger partial charge in [-0.3, -0.25) is 5.10 Å². The van der Waals surface area contributed by atoms with Gasteiger partial charge in [-0.1, -0.05) is 0 Å². The van der Waals surface area contributed by atoms with E-state index in [1.165, 1.54) is 0 Å². The zero-order chi connectivity index (χ0) is 19.6. The third-order valence-corrected chi connectivity index (χ3v) is 7.98. The van der Waals surface area contributed by atoms with Gasteiger partial charge in [0, 0.05) is 31.2 Å². The Bertz CT molecular complexity index is 1210. The second kappa shape index (κ2) is 6.19. The molecule has 2 aromatic heterocycles. The molecule has 0 amide bonds. The van der Waals surface area contributed by atoms with Gasteiger partial charge in [-0.25, -0.2) is 13.4 Å². The lowest BCUT2D eigenvalue weighted by Gasteiger charge is -2.25. The van der Waals surface area contributed by atoms with Crippen molar-refractivity contribution in [2.45, 2.75) is 31.4 Å². The van der Waals surface area contributed by atoms with Crippen molar-refractivity contribution in [1.29, 1.82) is 0 Å². The van der Waals surface area contributed by atoms with Gasteiger partial charge in [0.1, 0.15) is 17.3 Å². The van der Waals surface area contributed by atoms with Crippen LogP contribution in [-0.4, -0.2) is 53.8 Å². The summed E-state index contributed by atoms with van der Waals surface area (Å²) in [6, 6.07) is 10.0. The molecule has 6 rings (SSSR count). The highest BCUT2D eigenvalue weighted by molar-refractivity contribution is 7.91. The maximum absolute atomic E-state index is 12.1. The molecule has 29 heavy (non-hydrogen) atoms. The molecule has 8 heteroatoms. The Morgan fingerprint density at radius 2 is 2.07 bits per heavy atom. The lowest BCUT2D eigenvalue weighted by molar-refractivity contribution is 0.303. The summed E-state index contributed by atoms with van der Waals surface area (Å²) in [5, 5.41) is 8.65. The lowest BCUT2D eigenvalue weighted by Crippen LogP contribution is -2.36. The zero-order valence-electron chi connectivity index (χ0n) is 15.9.